The molecule has 0 bridgehead atoms. The van der Waals surface area contributed by atoms with Crippen LogP contribution in [-0.4, -0.2) is 65.3 Å². The number of phenolic OH excluding ortho intramolecular Hbond substituents is 1. The molecule has 0 unspecified atom stereocenters. The maximum Gasteiger partial charge on any atom is 0.307 e. The fourth-order valence-corrected chi connectivity index (χ4v) is 4.79. The van der Waals surface area contributed by atoms with Gasteiger partial charge in [-0.15, -0.1) is 0 Å². The van der Waals surface area contributed by atoms with Gasteiger partial charge in [0.05, 0.1) is 6.42 Å². The molecular formula is C30H44N2O3. The van der Waals surface area contributed by atoms with E-state index >= 15 is 0 Å². The minimum Gasteiger partial charge on any atom is -0.507 e. The molecule has 0 aromatic heterocycles. The molecule has 0 saturated carbocycles. The Balaban J connectivity index is 1.51. The van der Waals surface area contributed by atoms with Crippen LogP contribution in [0, 0.1) is 0 Å². The lowest BCUT2D eigenvalue weighted by molar-refractivity contribution is -0.136. The minimum atomic E-state index is -0.787. The van der Waals surface area contributed by atoms with Crippen LogP contribution >= 0.6 is 0 Å². The molecule has 2 aromatic rings. The molecule has 0 spiro atoms. The van der Waals surface area contributed by atoms with Gasteiger partial charge in [0.2, 0.25) is 0 Å². The van der Waals surface area contributed by atoms with Gasteiger partial charge in [-0.25, -0.2) is 0 Å². The van der Waals surface area contributed by atoms with Gasteiger partial charge in [0.25, 0.3) is 0 Å². The lowest BCUT2D eigenvalue weighted by Gasteiger charge is -2.35. The molecule has 1 aliphatic rings. The molecule has 192 valence electrons. The van der Waals surface area contributed by atoms with Crippen molar-refractivity contribution in [1.82, 2.24) is 9.80 Å². The normalized spacial score (nSPS) is 15.9. The van der Waals surface area contributed by atoms with Gasteiger partial charge < -0.3 is 20.0 Å². The van der Waals surface area contributed by atoms with E-state index in [0.29, 0.717) is 5.75 Å². The molecule has 2 N–H and O–H groups in total. The van der Waals surface area contributed by atoms with E-state index in [1.165, 1.54) is 11.1 Å². The average molecular weight is 481 g/mol. The van der Waals surface area contributed by atoms with Gasteiger partial charge >= 0.3 is 5.97 Å². The third kappa shape index (κ3) is 7.81. The number of rotatable bonds is 8. The number of hydrogen-bond acceptors (Lipinski definition) is 4. The monoisotopic (exact) mass is 480 g/mol. The second-order valence-electron chi connectivity index (χ2n) is 12.1. The average Bonchev–Trinajstić information content (AvgIpc) is 2.76. The summed E-state index contributed by atoms with van der Waals surface area (Å²) in [5.41, 5.74) is 5.32. The number of nitrogens with zero attached hydrogens (tertiary/aromatic N) is 2. The number of piperazine rings is 1. The van der Waals surface area contributed by atoms with Gasteiger partial charge in [-0.05, 0) is 51.5 Å². The Labute approximate surface area is 211 Å². The van der Waals surface area contributed by atoms with Crippen molar-refractivity contribution in [3.8, 4) is 5.75 Å². The third-order valence-electron chi connectivity index (χ3n) is 7.06. The molecule has 35 heavy (non-hydrogen) atoms. The number of phenols is 1. The SMILES string of the molecule is CC(C)(C)c1cc(CCN2CCN(CCc3ccc(CC(=O)O)cc3)CC2)cc(C(C)(C)C)c1O. The molecule has 5 heteroatoms. The van der Waals surface area contributed by atoms with Crippen molar-refractivity contribution in [2.24, 2.45) is 0 Å². The molecule has 1 heterocycles. The van der Waals surface area contributed by atoms with Crippen LogP contribution in [0.25, 0.3) is 0 Å². The summed E-state index contributed by atoms with van der Waals surface area (Å²) in [4.78, 5) is 15.9. The van der Waals surface area contributed by atoms with E-state index in [1.807, 2.05) is 12.1 Å². The van der Waals surface area contributed by atoms with Gasteiger partial charge in [0.15, 0.2) is 0 Å². The van der Waals surface area contributed by atoms with Crippen LogP contribution in [0.3, 0.4) is 0 Å². The molecule has 5 nitrogen and oxygen atoms in total. The van der Waals surface area contributed by atoms with Crippen molar-refractivity contribution in [2.45, 2.75) is 71.6 Å². The Morgan fingerprint density at radius 3 is 1.54 bits per heavy atom. The standard InChI is InChI=1S/C30H44N2O3/c1-29(2,3)25-19-24(20-26(28(25)35)30(4,5)6)12-14-32-17-15-31(16-18-32)13-11-22-7-9-23(10-8-22)21-27(33)34/h7-10,19-20,35H,11-18,21H2,1-6H3,(H,33,34). The van der Waals surface area contributed by atoms with Gasteiger partial charge in [-0.3, -0.25) is 4.79 Å². The number of aromatic hydroxyl groups is 1. The van der Waals surface area contributed by atoms with Crippen LogP contribution < -0.4 is 0 Å². The van der Waals surface area contributed by atoms with E-state index in [-0.39, 0.29) is 17.3 Å². The molecule has 3 rings (SSSR count). The Morgan fingerprint density at radius 2 is 1.14 bits per heavy atom. The van der Waals surface area contributed by atoms with Gasteiger partial charge in [0.1, 0.15) is 5.75 Å². The first-order valence-electron chi connectivity index (χ1n) is 12.9. The number of aliphatic carboxylic acids is 1. The molecule has 0 aliphatic carbocycles. The van der Waals surface area contributed by atoms with Gasteiger partial charge in [-0.2, -0.15) is 0 Å². The largest absolute Gasteiger partial charge is 0.507 e. The molecule has 1 fully saturated rings. The Bertz CT molecular complexity index is 957. The van der Waals surface area contributed by atoms with Gasteiger partial charge in [0, 0.05) is 39.3 Å². The summed E-state index contributed by atoms with van der Waals surface area (Å²) in [5, 5.41) is 19.9. The number of benzene rings is 2. The smallest absolute Gasteiger partial charge is 0.307 e. The summed E-state index contributed by atoms with van der Waals surface area (Å²) >= 11 is 0. The predicted octanol–water partition coefficient (Wildman–Crippen LogP) is 5.02. The minimum absolute atomic E-state index is 0.0847. The van der Waals surface area contributed by atoms with E-state index < -0.39 is 5.97 Å². The zero-order valence-corrected chi connectivity index (χ0v) is 22.5. The van der Waals surface area contributed by atoms with Crippen LogP contribution in [0.5, 0.6) is 5.75 Å². The van der Waals surface area contributed by atoms with Crippen LogP contribution in [0.15, 0.2) is 36.4 Å². The maximum absolute atomic E-state index is 11.0. The maximum atomic E-state index is 11.0. The highest BCUT2D eigenvalue weighted by Crippen LogP contribution is 2.39. The quantitative estimate of drug-likeness (QED) is 0.556. The number of hydrogen-bond donors (Lipinski definition) is 2. The molecule has 1 aliphatic heterocycles. The summed E-state index contributed by atoms with van der Waals surface area (Å²) < 4.78 is 0. The molecule has 0 amide bonds. The van der Waals surface area contributed by atoms with Gasteiger partial charge in [-0.1, -0.05) is 77.9 Å². The van der Waals surface area contributed by atoms with E-state index in [1.54, 1.807) is 0 Å². The summed E-state index contributed by atoms with van der Waals surface area (Å²) in [7, 11) is 0. The van der Waals surface area contributed by atoms with Crippen molar-refractivity contribution in [3.05, 3.63) is 64.2 Å². The van der Waals surface area contributed by atoms with Crippen molar-refractivity contribution < 1.29 is 15.0 Å². The number of carboxylic acids is 1. The highest BCUT2D eigenvalue weighted by Gasteiger charge is 2.26. The third-order valence-corrected chi connectivity index (χ3v) is 7.06. The molecule has 0 radical (unpaired) electrons. The van der Waals surface area contributed by atoms with E-state index in [2.05, 4.69) is 75.6 Å². The summed E-state index contributed by atoms with van der Waals surface area (Å²) in [6.45, 7) is 19.4. The Hall–Kier alpha value is -2.37. The molecule has 0 atom stereocenters. The Kier molecular flexibility index (Phi) is 8.66. The second-order valence-corrected chi connectivity index (χ2v) is 12.1. The zero-order chi connectivity index (χ0) is 25.8. The fraction of sp³-hybridized carbons (Fsp3) is 0.567. The predicted molar refractivity (Wildman–Crippen MR) is 144 cm³/mol. The van der Waals surface area contributed by atoms with Crippen molar-refractivity contribution in [1.29, 1.82) is 0 Å². The fourth-order valence-electron chi connectivity index (χ4n) is 4.79. The van der Waals surface area contributed by atoms with Crippen molar-refractivity contribution in [2.75, 3.05) is 39.3 Å². The highest BCUT2D eigenvalue weighted by atomic mass is 16.4. The van der Waals surface area contributed by atoms with Crippen molar-refractivity contribution in [3.63, 3.8) is 0 Å². The van der Waals surface area contributed by atoms with Crippen LogP contribution in [0.1, 0.15) is 69.4 Å². The lowest BCUT2D eigenvalue weighted by Crippen LogP contribution is -2.47. The number of carbonyl (C=O) groups is 1. The lowest BCUT2D eigenvalue weighted by atomic mass is 9.78. The highest BCUT2D eigenvalue weighted by molar-refractivity contribution is 5.70. The van der Waals surface area contributed by atoms with E-state index in [9.17, 15) is 9.90 Å². The second kappa shape index (κ2) is 11.1. The molecular weight excluding hydrogens is 436 g/mol. The van der Waals surface area contributed by atoms with E-state index in [0.717, 1.165) is 68.8 Å². The van der Waals surface area contributed by atoms with E-state index in [4.69, 9.17) is 5.11 Å². The first kappa shape index (κ1) is 27.2. The summed E-state index contributed by atoms with van der Waals surface area (Å²) in [6.07, 6.45) is 2.07. The zero-order valence-electron chi connectivity index (χ0n) is 22.5. The Morgan fingerprint density at radius 1 is 0.743 bits per heavy atom. The molecule has 1 saturated heterocycles. The summed E-state index contributed by atoms with van der Waals surface area (Å²) in [6, 6.07) is 12.4. The molecule has 2 aromatic carbocycles. The first-order chi connectivity index (χ1) is 16.3. The van der Waals surface area contributed by atoms with Crippen LogP contribution in [0.4, 0.5) is 0 Å². The van der Waals surface area contributed by atoms with Crippen LogP contribution in [-0.2, 0) is 34.9 Å². The topological polar surface area (TPSA) is 64.0 Å². The van der Waals surface area contributed by atoms with Crippen molar-refractivity contribution >= 4 is 5.97 Å². The van der Waals surface area contributed by atoms with Crippen LogP contribution in [0.2, 0.25) is 0 Å². The summed E-state index contributed by atoms with van der Waals surface area (Å²) in [5.74, 6) is -0.329. The first-order valence-corrected chi connectivity index (χ1v) is 12.9. The number of carboxylic acid groups (broad SMARTS) is 1.